The molecule has 21 heavy (non-hydrogen) atoms. The summed E-state index contributed by atoms with van der Waals surface area (Å²) in [6.45, 7) is 2.72. The minimum Gasteiger partial charge on any atom is -0.242 e. The number of nitrogens with one attached hydrogen (secondary N) is 1. The Balaban J connectivity index is 1.88. The van der Waals surface area contributed by atoms with Crippen molar-refractivity contribution in [2.75, 3.05) is 6.54 Å². The fourth-order valence-electron chi connectivity index (χ4n) is 2.65. The lowest BCUT2D eigenvalue weighted by molar-refractivity contribution is 0.278. The molecule has 0 atom stereocenters. The van der Waals surface area contributed by atoms with E-state index in [0.717, 1.165) is 12.3 Å². The summed E-state index contributed by atoms with van der Waals surface area (Å²) < 4.78 is 26.9. The highest BCUT2D eigenvalue weighted by Gasteiger charge is 2.20. The molecule has 1 aromatic rings. The van der Waals surface area contributed by atoms with Gasteiger partial charge >= 0.3 is 0 Å². The van der Waals surface area contributed by atoms with Gasteiger partial charge in [-0.25, -0.2) is 18.1 Å². The molecule has 4 nitrogen and oxygen atoms in total. The molecule has 1 heterocycles. The van der Waals surface area contributed by atoms with Crippen LogP contribution in [0, 0.1) is 11.8 Å². The molecule has 2 rings (SSSR count). The largest absolute Gasteiger partial charge is 0.242 e. The van der Waals surface area contributed by atoms with E-state index < -0.39 is 10.0 Å². The van der Waals surface area contributed by atoms with Crippen molar-refractivity contribution in [3.63, 3.8) is 0 Å². The number of aromatic nitrogens is 1. The molecule has 118 valence electrons. The van der Waals surface area contributed by atoms with Crippen LogP contribution >= 0.6 is 23.2 Å². The molecule has 1 aliphatic carbocycles. The van der Waals surface area contributed by atoms with Crippen LogP contribution in [0.4, 0.5) is 0 Å². The van der Waals surface area contributed by atoms with Crippen LogP contribution in [0.5, 0.6) is 0 Å². The first-order valence-corrected chi connectivity index (χ1v) is 9.43. The summed E-state index contributed by atoms with van der Waals surface area (Å²) in [6.07, 6.45) is 6.97. The Bertz CT molecular complexity index is 585. The minimum atomic E-state index is -3.57. The zero-order valence-electron chi connectivity index (χ0n) is 12.0. The predicted molar refractivity (Wildman–Crippen MR) is 85.2 cm³/mol. The average Bonchev–Trinajstić information content (AvgIpc) is 2.44. The maximum Gasteiger partial charge on any atom is 0.242 e. The number of hydrogen-bond acceptors (Lipinski definition) is 3. The highest BCUT2D eigenvalue weighted by Crippen LogP contribution is 2.30. The summed E-state index contributed by atoms with van der Waals surface area (Å²) in [6, 6.07) is 1.32. The average molecular weight is 351 g/mol. The van der Waals surface area contributed by atoms with Gasteiger partial charge in [-0.3, -0.25) is 0 Å². The van der Waals surface area contributed by atoms with Crippen LogP contribution in [-0.2, 0) is 10.0 Å². The molecule has 0 saturated heterocycles. The van der Waals surface area contributed by atoms with Gasteiger partial charge in [0.05, 0.1) is 5.02 Å². The third kappa shape index (κ3) is 4.81. The van der Waals surface area contributed by atoms with Crippen molar-refractivity contribution in [3.8, 4) is 0 Å². The van der Waals surface area contributed by atoms with Gasteiger partial charge in [0.25, 0.3) is 0 Å². The second-order valence-corrected chi connectivity index (χ2v) is 8.29. The Morgan fingerprint density at radius 2 is 1.95 bits per heavy atom. The molecule has 1 fully saturated rings. The van der Waals surface area contributed by atoms with Gasteiger partial charge in [0.2, 0.25) is 10.0 Å². The second-order valence-electron chi connectivity index (χ2n) is 5.76. The van der Waals surface area contributed by atoms with E-state index in [0.29, 0.717) is 12.5 Å². The van der Waals surface area contributed by atoms with Crippen molar-refractivity contribution < 1.29 is 8.42 Å². The number of rotatable bonds is 5. The van der Waals surface area contributed by atoms with Crippen LogP contribution in [0.15, 0.2) is 17.2 Å². The van der Waals surface area contributed by atoms with Gasteiger partial charge in [-0.15, -0.1) is 0 Å². The van der Waals surface area contributed by atoms with Gasteiger partial charge in [-0.05, 0) is 24.3 Å². The molecule has 0 amide bonds. The number of pyridine rings is 1. The highest BCUT2D eigenvalue weighted by molar-refractivity contribution is 7.89. The van der Waals surface area contributed by atoms with Crippen LogP contribution in [0.3, 0.4) is 0 Å². The molecule has 0 unspecified atom stereocenters. The van der Waals surface area contributed by atoms with E-state index in [9.17, 15) is 8.42 Å². The third-order valence-corrected chi connectivity index (χ3v) is 6.18. The summed E-state index contributed by atoms with van der Waals surface area (Å²) in [5.74, 6) is 1.43. The Kier molecular flexibility index (Phi) is 5.88. The van der Waals surface area contributed by atoms with Crippen molar-refractivity contribution in [3.05, 3.63) is 22.4 Å². The van der Waals surface area contributed by atoms with E-state index >= 15 is 0 Å². The van der Waals surface area contributed by atoms with Crippen LogP contribution in [0.25, 0.3) is 0 Å². The van der Waals surface area contributed by atoms with Crippen molar-refractivity contribution in [2.45, 2.75) is 43.9 Å². The zero-order chi connectivity index (χ0) is 15.5. The Morgan fingerprint density at radius 1 is 1.29 bits per heavy atom. The Labute approximate surface area is 136 Å². The smallest absolute Gasteiger partial charge is 0.242 e. The number of halogens is 2. The Morgan fingerprint density at radius 3 is 2.57 bits per heavy atom. The van der Waals surface area contributed by atoms with Crippen LogP contribution < -0.4 is 4.72 Å². The molecule has 1 aromatic heterocycles. The summed E-state index contributed by atoms with van der Waals surface area (Å²) >= 11 is 11.5. The number of hydrogen-bond donors (Lipinski definition) is 1. The molecule has 0 radical (unpaired) electrons. The van der Waals surface area contributed by atoms with E-state index in [2.05, 4.69) is 16.6 Å². The van der Waals surface area contributed by atoms with E-state index in [1.807, 2.05) is 0 Å². The van der Waals surface area contributed by atoms with E-state index in [1.54, 1.807) is 0 Å². The van der Waals surface area contributed by atoms with E-state index in [4.69, 9.17) is 23.2 Å². The molecule has 1 aliphatic rings. The molecule has 1 saturated carbocycles. The van der Waals surface area contributed by atoms with E-state index in [1.165, 1.54) is 37.9 Å². The minimum absolute atomic E-state index is 0.0502. The first-order chi connectivity index (χ1) is 9.88. The molecule has 1 N–H and O–H groups in total. The SMILES string of the molecule is CC1CCC(CCNS(=O)(=O)c2cnc(Cl)c(Cl)c2)CC1. The van der Waals surface area contributed by atoms with Crippen LogP contribution in [0.2, 0.25) is 10.2 Å². The van der Waals surface area contributed by atoms with Crippen molar-refractivity contribution in [1.82, 2.24) is 9.71 Å². The molecular weight excluding hydrogens is 331 g/mol. The third-order valence-electron chi connectivity index (χ3n) is 4.06. The van der Waals surface area contributed by atoms with E-state index in [-0.39, 0.29) is 15.1 Å². The fourth-order valence-corrected chi connectivity index (χ4v) is 4.00. The van der Waals surface area contributed by atoms with Gasteiger partial charge in [0, 0.05) is 12.7 Å². The molecule has 0 spiro atoms. The van der Waals surface area contributed by atoms with Gasteiger partial charge < -0.3 is 0 Å². The molecule has 0 aliphatic heterocycles. The quantitative estimate of drug-likeness (QED) is 0.819. The van der Waals surface area contributed by atoms with Gasteiger partial charge in [-0.2, -0.15) is 0 Å². The Hall–Kier alpha value is -0.360. The van der Waals surface area contributed by atoms with Gasteiger partial charge in [0.15, 0.2) is 0 Å². The molecular formula is C14H20Cl2N2O2S. The standard InChI is InChI=1S/C14H20Cl2N2O2S/c1-10-2-4-11(5-3-10)6-7-18-21(19,20)12-8-13(15)14(16)17-9-12/h8-11,18H,2-7H2,1H3. The number of nitrogens with zero attached hydrogens (tertiary/aromatic N) is 1. The zero-order valence-corrected chi connectivity index (χ0v) is 14.3. The predicted octanol–water partition coefficient (Wildman–Crippen LogP) is 3.88. The van der Waals surface area contributed by atoms with Crippen molar-refractivity contribution in [2.24, 2.45) is 11.8 Å². The van der Waals surface area contributed by atoms with Gasteiger partial charge in [0.1, 0.15) is 10.0 Å². The molecule has 7 heteroatoms. The highest BCUT2D eigenvalue weighted by atomic mass is 35.5. The summed E-state index contributed by atoms with van der Waals surface area (Å²) in [5, 5.41) is 0.243. The summed E-state index contributed by atoms with van der Waals surface area (Å²) in [5.41, 5.74) is 0. The lowest BCUT2D eigenvalue weighted by atomic mass is 9.81. The summed E-state index contributed by atoms with van der Waals surface area (Å²) in [4.78, 5) is 3.82. The van der Waals surface area contributed by atoms with Crippen LogP contribution in [0.1, 0.15) is 39.0 Å². The normalized spacial score (nSPS) is 23.2. The molecule has 0 bridgehead atoms. The van der Waals surface area contributed by atoms with Crippen LogP contribution in [-0.4, -0.2) is 19.9 Å². The van der Waals surface area contributed by atoms with Gasteiger partial charge in [-0.1, -0.05) is 55.8 Å². The van der Waals surface area contributed by atoms with Crippen molar-refractivity contribution in [1.29, 1.82) is 0 Å². The molecule has 0 aromatic carbocycles. The first-order valence-electron chi connectivity index (χ1n) is 7.19. The first kappa shape index (κ1) is 17.0. The monoisotopic (exact) mass is 350 g/mol. The maximum atomic E-state index is 12.1. The fraction of sp³-hybridized carbons (Fsp3) is 0.643. The topological polar surface area (TPSA) is 59.1 Å². The van der Waals surface area contributed by atoms with Crippen molar-refractivity contribution >= 4 is 33.2 Å². The lowest BCUT2D eigenvalue weighted by Crippen LogP contribution is -2.27. The number of sulfonamides is 1. The second kappa shape index (κ2) is 7.27. The maximum absolute atomic E-state index is 12.1. The summed E-state index contributed by atoms with van der Waals surface area (Å²) in [7, 11) is -3.57. The lowest BCUT2D eigenvalue weighted by Gasteiger charge is -2.26.